The highest BCUT2D eigenvalue weighted by Gasteiger charge is 2.31. The van der Waals surface area contributed by atoms with Crippen LogP contribution >= 0.6 is 0 Å². The molecule has 0 bridgehead atoms. The zero-order valence-corrected chi connectivity index (χ0v) is 14.4. The Bertz CT molecular complexity index is 1050. The minimum Gasteiger partial charge on any atom is -0.481 e. The molecule has 1 amide bonds. The number of fused-ring (bicyclic) bond motifs is 1. The first-order chi connectivity index (χ1) is 13.2. The normalized spacial score (nSPS) is 15.6. The maximum atomic E-state index is 13.6. The number of terminal acetylenes is 1. The van der Waals surface area contributed by atoms with Crippen molar-refractivity contribution in [2.45, 2.75) is 12.3 Å². The van der Waals surface area contributed by atoms with E-state index in [0.717, 1.165) is 11.3 Å². The summed E-state index contributed by atoms with van der Waals surface area (Å²) in [4.78, 5) is 16.8. The Balaban J connectivity index is 1.75. The van der Waals surface area contributed by atoms with Crippen molar-refractivity contribution in [2.24, 2.45) is 0 Å². The second-order valence-corrected chi connectivity index (χ2v) is 6.20. The molecule has 2 heterocycles. The molecule has 1 atom stereocenters. The molecule has 4 rings (SSSR count). The predicted molar refractivity (Wildman–Crippen MR) is 99.4 cm³/mol. The molecule has 0 fully saturated rings. The molecule has 0 saturated carbocycles. The van der Waals surface area contributed by atoms with E-state index >= 15 is 0 Å². The molecule has 27 heavy (non-hydrogen) atoms. The molecule has 3 aromatic rings. The first kappa shape index (κ1) is 16.9. The fourth-order valence-electron chi connectivity index (χ4n) is 3.25. The summed E-state index contributed by atoms with van der Waals surface area (Å²) in [5, 5.41) is 2.86. The average Bonchev–Trinajstić information content (AvgIpc) is 3.09. The maximum absolute atomic E-state index is 13.6. The second-order valence-electron chi connectivity index (χ2n) is 6.20. The number of ether oxygens (including phenoxy) is 1. The number of carbonyl (C=O) groups excluding carboxylic acids is 1. The zero-order chi connectivity index (χ0) is 18.8. The highest BCUT2D eigenvalue weighted by Crippen LogP contribution is 2.38. The predicted octanol–water partition coefficient (Wildman–Crippen LogP) is 3.50. The molecule has 0 aliphatic carbocycles. The molecule has 0 saturated heterocycles. The number of benzene rings is 2. The number of rotatable bonds is 4. The summed E-state index contributed by atoms with van der Waals surface area (Å²) in [5.74, 6) is 2.92. The van der Waals surface area contributed by atoms with Gasteiger partial charge in [0.05, 0.1) is 11.4 Å². The molecule has 1 aliphatic rings. The number of hydrogen-bond acceptors (Lipinski definition) is 3. The highest BCUT2D eigenvalue weighted by molar-refractivity contribution is 5.94. The van der Waals surface area contributed by atoms with Gasteiger partial charge in [-0.15, -0.1) is 6.42 Å². The lowest BCUT2D eigenvalue weighted by molar-refractivity contribution is -0.116. The average molecular weight is 361 g/mol. The van der Waals surface area contributed by atoms with Gasteiger partial charge in [-0.05, 0) is 35.9 Å². The van der Waals surface area contributed by atoms with Gasteiger partial charge < -0.3 is 10.1 Å². The van der Waals surface area contributed by atoms with Gasteiger partial charge in [0.25, 0.3) is 0 Å². The molecule has 2 aromatic carbocycles. The lowest BCUT2D eigenvalue weighted by atomic mass is 9.89. The van der Waals surface area contributed by atoms with Gasteiger partial charge in [-0.3, -0.25) is 9.36 Å². The molecular weight excluding hydrogens is 345 g/mol. The number of imidazole rings is 1. The van der Waals surface area contributed by atoms with E-state index in [0.29, 0.717) is 17.3 Å². The van der Waals surface area contributed by atoms with Crippen molar-refractivity contribution in [3.8, 4) is 23.8 Å². The summed E-state index contributed by atoms with van der Waals surface area (Å²) in [6.45, 7) is 0.175. The fourth-order valence-corrected chi connectivity index (χ4v) is 3.25. The van der Waals surface area contributed by atoms with E-state index < -0.39 is 0 Å². The van der Waals surface area contributed by atoms with Crippen LogP contribution in [0.2, 0.25) is 0 Å². The first-order valence-electron chi connectivity index (χ1n) is 8.45. The molecule has 1 N–H and O–H groups in total. The van der Waals surface area contributed by atoms with Gasteiger partial charge >= 0.3 is 0 Å². The van der Waals surface area contributed by atoms with E-state index in [1.165, 1.54) is 12.1 Å². The Morgan fingerprint density at radius 2 is 2.15 bits per heavy atom. The minimum atomic E-state index is -0.355. The molecular formula is C21H16FN3O2. The number of halogens is 1. The molecule has 1 aliphatic heterocycles. The number of aromatic nitrogens is 2. The largest absolute Gasteiger partial charge is 0.481 e. The minimum absolute atomic E-state index is 0.124. The van der Waals surface area contributed by atoms with Crippen molar-refractivity contribution >= 4 is 11.7 Å². The van der Waals surface area contributed by atoms with Gasteiger partial charge in [-0.1, -0.05) is 24.1 Å². The van der Waals surface area contributed by atoms with Crippen molar-refractivity contribution in [1.29, 1.82) is 0 Å². The lowest BCUT2D eigenvalue weighted by Crippen LogP contribution is -2.25. The Hall–Kier alpha value is -3.59. The van der Waals surface area contributed by atoms with Crippen LogP contribution in [0.15, 0.2) is 54.9 Å². The Morgan fingerprint density at radius 3 is 2.96 bits per heavy atom. The summed E-state index contributed by atoms with van der Waals surface area (Å²) in [6.07, 6.45) is 7.10. The van der Waals surface area contributed by atoms with Gasteiger partial charge in [0, 0.05) is 12.3 Å². The van der Waals surface area contributed by atoms with E-state index in [-0.39, 0.29) is 30.7 Å². The standard InChI is InChI=1S/C21H16FN3O2/c1-2-9-27-17-8-3-5-14(10-17)18-12-19(26)24-21-20(18)23-13-25(21)16-7-4-6-15(22)11-16/h1,3-8,10-11,13,18H,9,12H2,(H,24,26). The summed E-state index contributed by atoms with van der Waals surface area (Å²) >= 11 is 0. The van der Waals surface area contributed by atoms with Gasteiger partial charge in [0.2, 0.25) is 5.91 Å². The summed E-state index contributed by atoms with van der Waals surface area (Å²) in [5.41, 5.74) is 2.23. The smallest absolute Gasteiger partial charge is 0.226 e. The number of amides is 1. The van der Waals surface area contributed by atoms with Gasteiger partial charge in [0.1, 0.15) is 30.3 Å². The molecule has 134 valence electrons. The van der Waals surface area contributed by atoms with Crippen molar-refractivity contribution in [3.05, 3.63) is 71.9 Å². The first-order valence-corrected chi connectivity index (χ1v) is 8.45. The number of anilines is 1. The van der Waals surface area contributed by atoms with Gasteiger partial charge in [-0.25, -0.2) is 9.37 Å². The van der Waals surface area contributed by atoms with Crippen LogP contribution in [0.3, 0.4) is 0 Å². The monoisotopic (exact) mass is 361 g/mol. The van der Waals surface area contributed by atoms with Crippen molar-refractivity contribution in [1.82, 2.24) is 9.55 Å². The Morgan fingerprint density at radius 1 is 1.30 bits per heavy atom. The van der Waals surface area contributed by atoms with Crippen molar-refractivity contribution < 1.29 is 13.9 Å². The number of nitrogens with one attached hydrogen (secondary N) is 1. The number of nitrogens with zero attached hydrogens (tertiary/aromatic N) is 2. The Labute approximate surface area is 155 Å². The van der Waals surface area contributed by atoms with E-state index in [4.69, 9.17) is 11.2 Å². The van der Waals surface area contributed by atoms with Gasteiger partial charge in [-0.2, -0.15) is 0 Å². The van der Waals surface area contributed by atoms with Crippen LogP contribution in [0.25, 0.3) is 5.69 Å². The number of hydrogen-bond donors (Lipinski definition) is 1. The van der Waals surface area contributed by atoms with E-state index in [9.17, 15) is 9.18 Å². The van der Waals surface area contributed by atoms with Crippen LogP contribution in [0.5, 0.6) is 5.75 Å². The van der Waals surface area contributed by atoms with Crippen LogP contribution in [-0.4, -0.2) is 22.1 Å². The van der Waals surface area contributed by atoms with Crippen LogP contribution in [0, 0.1) is 18.2 Å². The van der Waals surface area contributed by atoms with Crippen LogP contribution in [0.4, 0.5) is 10.2 Å². The van der Waals surface area contributed by atoms with Crippen molar-refractivity contribution in [3.63, 3.8) is 0 Å². The summed E-state index contributed by atoms with van der Waals surface area (Å²) in [6, 6.07) is 13.6. The van der Waals surface area contributed by atoms with Crippen LogP contribution in [-0.2, 0) is 4.79 Å². The fraction of sp³-hybridized carbons (Fsp3) is 0.143. The third kappa shape index (κ3) is 3.27. The van der Waals surface area contributed by atoms with Crippen molar-refractivity contribution in [2.75, 3.05) is 11.9 Å². The molecule has 5 nitrogen and oxygen atoms in total. The Kier molecular flexibility index (Phi) is 4.35. The molecule has 1 aromatic heterocycles. The van der Waals surface area contributed by atoms with E-state index in [1.807, 2.05) is 24.3 Å². The van der Waals surface area contributed by atoms with Crippen LogP contribution in [0.1, 0.15) is 23.6 Å². The maximum Gasteiger partial charge on any atom is 0.226 e. The van der Waals surface area contributed by atoms with Crippen LogP contribution < -0.4 is 10.1 Å². The molecule has 1 unspecified atom stereocenters. The second kappa shape index (κ2) is 6.96. The third-order valence-corrected chi connectivity index (χ3v) is 4.44. The third-order valence-electron chi connectivity index (χ3n) is 4.44. The lowest BCUT2D eigenvalue weighted by Gasteiger charge is -2.23. The summed E-state index contributed by atoms with van der Waals surface area (Å²) in [7, 11) is 0. The number of carbonyl (C=O) groups is 1. The summed E-state index contributed by atoms with van der Waals surface area (Å²) < 4.78 is 20.8. The zero-order valence-electron chi connectivity index (χ0n) is 14.4. The van der Waals surface area contributed by atoms with Gasteiger partial charge in [0.15, 0.2) is 0 Å². The van der Waals surface area contributed by atoms with E-state index in [1.54, 1.807) is 23.0 Å². The quantitative estimate of drug-likeness (QED) is 0.724. The topological polar surface area (TPSA) is 56.1 Å². The molecule has 6 heteroatoms. The van der Waals surface area contributed by atoms with E-state index in [2.05, 4.69) is 16.2 Å². The molecule has 0 spiro atoms. The molecule has 0 radical (unpaired) electrons. The highest BCUT2D eigenvalue weighted by atomic mass is 19.1. The SMILES string of the molecule is C#CCOc1cccc(C2CC(=O)Nc3c2ncn3-c2cccc(F)c2)c1.